The van der Waals surface area contributed by atoms with Gasteiger partial charge in [0, 0.05) is 12.1 Å². The van der Waals surface area contributed by atoms with Crippen molar-refractivity contribution in [2.75, 3.05) is 12.4 Å². The van der Waals surface area contributed by atoms with Gasteiger partial charge < -0.3 is 19.5 Å². The number of methoxy groups -OCH3 is 1. The van der Waals surface area contributed by atoms with Crippen LogP contribution in [0.2, 0.25) is 10.0 Å². The minimum Gasteiger partial charge on any atom is -0.493 e. The Morgan fingerprint density at radius 1 is 1.06 bits per heavy atom. The van der Waals surface area contributed by atoms with E-state index in [9.17, 15) is 18.0 Å². The van der Waals surface area contributed by atoms with E-state index in [4.69, 9.17) is 34.0 Å². The van der Waals surface area contributed by atoms with Gasteiger partial charge in [-0.25, -0.2) is 9.97 Å². The molecule has 162 valence electrons. The number of benzene rings is 2. The molecule has 1 N–H and O–H groups in total. The highest BCUT2D eigenvalue weighted by molar-refractivity contribution is 6.42. The number of carbonyl (C=O) groups excluding carboxylic acids is 1. The number of amides is 1. The van der Waals surface area contributed by atoms with Crippen molar-refractivity contribution in [1.82, 2.24) is 9.97 Å². The van der Waals surface area contributed by atoms with Crippen molar-refractivity contribution in [3.63, 3.8) is 0 Å². The summed E-state index contributed by atoms with van der Waals surface area (Å²) in [6, 6.07) is 5.52. The first-order valence-corrected chi connectivity index (χ1v) is 8.97. The lowest BCUT2D eigenvalue weighted by molar-refractivity contribution is -0.274. The molecule has 0 aliphatic rings. The van der Waals surface area contributed by atoms with Gasteiger partial charge >= 0.3 is 6.36 Å². The molecule has 0 aliphatic heterocycles. The number of alkyl halides is 3. The molecule has 3 aromatic rings. The third-order valence-electron chi connectivity index (χ3n) is 3.61. The molecule has 0 bridgehead atoms. The number of rotatable bonds is 6. The molecule has 0 saturated heterocycles. The number of aromatic nitrogens is 2. The van der Waals surface area contributed by atoms with E-state index < -0.39 is 25.1 Å². The fourth-order valence-corrected chi connectivity index (χ4v) is 2.67. The number of nitrogens with zero attached hydrogens (tertiary/aromatic N) is 2. The van der Waals surface area contributed by atoms with Crippen LogP contribution in [-0.2, 0) is 0 Å². The number of hydrogen-bond acceptors (Lipinski definition) is 6. The number of ether oxygens (including phenoxy) is 3. The van der Waals surface area contributed by atoms with E-state index in [1.165, 1.54) is 30.9 Å². The standard InChI is InChI=1S/C19H12Cl2F3N3O4/c1-29-17-4-11(31-19(22,23)24)2-3-15(17)30-16-6-14(21)13(20)5-12(16)18(28)27-10-7-25-9-26-8-10/h2-9H,1H3,(H,27,28)/i1D. The Morgan fingerprint density at radius 3 is 2.45 bits per heavy atom. The molecule has 0 fully saturated rings. The average molecular weight is 475 g/mol. The molecule has 0 atom stereocenters. The van der Waals surface area contributed by atoms with Crippen molar-refractivity contribution in [1.29, 1.82) is 0 Å². The van der Waals surface area contributed by atoms with E-state index in [1.807, 2.05) is 0 Å². The Bertz CT molecular complexity index is 1120. The van der Waals surface area contributed by atoms with Crippen LogP contribution in [0.25, 0.3) is 0 Å². The van der Waals surface area contributed by atoms with E-state index in [2.05, 4.69) is 20.0 Å². The van der Waals surface area contributed by atoms with Crippen LogP contribution >= 0.6 is 23.2 Å². The fraction of sp³-hybridized carbons (Fsp3) is 0.105. The molecule has 31 heavy (non-hydrogen) atoms. The summed E-state index contributed by atoms with van der Waals surface area (Å²) in [5.74, 6) is -1.62. The van der Waals surface area contributed by atoms with Crippen LogP contribution < -0.4 is 19.5 Å². The zero-order valence-electron chi connectivity index (χ0n) is 16.2. The maximum absolute atomic E-state index is 12.8. The topological polar surface area (TPSA) is 82.6 Å². The maximum atomic E-state index is 12.8. The van der Waals surface area contributed by atoms with E-state index in [0.717, 1.165) is 18.2 Å². The summed E-state index contributed by atoms with van der Waals surface area (Å²) in [4.78, 5) is 20.3. The Hall–Kier alpha value is -3.24. The molecule has 3 rings (SSSR count). The molecule has 1 aromatic heterocycles. The highest BCUT2D eigenvalue weighted by Crippen LogP contribution is 2.39. The van der Waals surface area contributed by atoms with Crippen LogP contribution in [-0.4, -0.2) is 29.3 Å². The molecular weight excluding hydrogens is 462 g/mol. The number of nitrogens with one attached hydrogen (secondary N) is 1. The highest BCUT2D eigenvalue weighted by Gasteiger charge is 2.31. The number of hydrogen-bond donors (Lipinski definition) is 1. The van der Waals surface area contributed by atoms with Gasteiger partial charge in [-0.1, -0.05) is 23.2 Å². The molecule has 0 radical (unpaired) electrons. The lowest BCUT2D eigenvalue weighted by Gasteiger charge is -2.16. The Balaban J connectivity index is 1.95. The smallest absolute Gasteiger partial charge is 0.493 e. The SMILES string of the molecule is [2H]COc1cc(OC(F)(F)F)ccc1Oc1cc(Cl)c(Cl)cc1C(=O)Nc1cncnc1. The highest BCUT2D eigenvalue weighted by atomic mass is 35.5. The first-order chi connectivity index (χ1) is 15.2. The van der Waals surface area contributed by atoms with Crippen molar-refractivity contribution in [2.45, 2.75) is 6.36 Å². The van der Waals surface area contributed by atoms with Gasteiger partial charge in [-0.05, 0) is 18.2 Å². The van der Waals surface area contributed by atoms with E-state index in [-0.39, 0.29) is 32.9 Å². The van der Waals surface area contributed by atoms with Crippen LogP contribution in [0.5, 0.6) is 23.0 Å². The van der Waals surface area contributed by atoms with Gasteiger partial charge in [-0.3, -0.25) is 4.79 Å². The van der Waals surface area contributed by atoms with Crippen LogP contribution in [0, 0.1) is 0 Å². The summed E-state index contributed by atoms with van der Waals surface area (Å²) in [6.45, 7) is 0. The zero-order valence-corrected chi connectivity index (χ0v) is 16.8. The molecule has 1 heterocycles. The van der Waals surface area contributed by atoms with Crippen molar-refractivity contribution >= 4 is 34.8 Å². The van der Waals surface area contributed by atoms with E-state index in [0.29, 0.717) is 5.69 Å². The molecule has 12 heteroatoms. The lowest BCUT2D eigenvalue weighted by Crippen LogP contribution is -2.17. The molecule has 0 spiro atoms. The quantitative estimate of drug-likeness (QED) is 0.490. The second kappa shape index (κ2) is 9.27. The minimum atomic E-state index is -4.92. The average Bonchev–Trinajstić information content (AvgIpc) is 2.72. The van der Waals surface area contributed by atoms with Gasteiger partial charge in [0.25, 0.3) is 5.91 Å². The zero-order chi connectivity index (χ0) is 23.3. The van der Waals surface area contributed by atoms with E-state index >= 15 is 0 Å². The summed E-state index contributed by atoms with van der Waals surface area (Å²) in [5.41, 5.74) is 0.247. The van der Waals surface area contributed by atoms with Gasteiger partial charge in [0.2, 0.25) is 0 Å². The monoisotopic (exact) mass is 474 g/mol. The Morgan fingerprint density at radius 2 is 1.77 bits per heavy atom. The second-order valence-electron chi connectivity index (χ2n) is 5.75. The van der Waals surface area contributed by atoms with Crippen molar-refractivity contribution < 1.29 is 33.5 Å². The largest absolute Gasteiger partial charge is 0.573 e. The van der Waals surface area contributed by atoms with Gasteiger partial charge in [0.1, 0.15) is 17.8 Å². The molecular formula is C19H12Cl2F3N3O4. The molecule has 0 aliphatic carbocycles. The summed E-state index contributed by atoms with van der Waals surface area (Å²) >= 11 is 12.1. The van der Waals surface area contributed by atoms with Crippen LogP contribution in [0.3, 0.4) is 0 Å². The normalized spacial score (nSPS) is 11.5. The van der Waals surface area contributed by atoms with Gasteiger partial charge in [0.05, 0.1) is 42.1 Å². The number of anilines is 1. The van der Waals surface area contributed by atoms with Crippen molar-refractivity contribution in [3.8, 4) is 23.0 Å². The molecule has 7 nitrogen and oxygen atoms in total. The summed E-state index contributed by atoms with van der Waals surface area (Å²) in [6.07, 6.45) is -0.912. The first-order valence-electron chi connectivity index (χ1n) is 8.92. The minimum absolute atomic E-state index is 0.0457. The summed E-state index contributed by atoms with van der Waals surface area (Å²) in [7, 11) is -0.617. The molecule has 2 aromatic carbocycles. The third kappa shape index (κ3) is 5.89. The van der Waals surface area contributed by atoms with Crippen LogP contribution in [0.1, 0.15) is 11.7 Å². The van der Waals surface area contributed by atoms with Crippen molar-refractivity contribution in [2.24, 2.45) is 0 Å². The number of carbonyl (C=O) groups is 1. The van der Waals surface area contributed by atoms with Gasteiger partial charge in [0.15, 0.2) is 11.5 Å². The third-order valence-corrected chi connectivity index (χ3v) is 4.33. The Labute approximate surface area is 185 Å². The predicted molar refractivity (Wildman–Crippen MR) is 106 cm³/mol. The fourth-order valence-electron chi connectivity index (χ4n) is 2.35. The number of halogens is 5. The molecule has 0 saturated carbocycles. The maximum Gasteiger partial charge on any atom is 0.573 e. The lowest BCUT2D eigenvalue weighted by atomic mass is 10.1. The Kier molecular flexibility index (Phi) is 6.28. The van der Waals surface area contributed by atoms with Crippen molar-refractivity contribution in [3.05, 3.63) is 64.7 Å². The summed E-state index contributed by atoms with van der Waals surface area (Å²) in [5, 5.41) is 2.67. The van der Waals surface area contributed by atoms with Gasteiger partial charge in [-0.15, -0.1) is 13.2 Å². The second-order valence-corrected chi connectivity index (χ2v) is 6.56. The van der Waals surface area contributed by atoms with Crippen LogP contribution in [0.4, 0.5) is 18.9 Å². The van der Waals surface area contributed by atoms with E-state index in [1.54, 1.807) is 0 Å². The summed E-state index contributed by atoms with van der Waals surface area (Å²) < 4.78 is 59.3. The van der Waals surface area contributed by atoms with Gasteiger partial charge in [-0.2, -0.15) is 0 Å². The molecule has 1 amide bonds. The van der Waals surface area contributed by atoms with Crippen LogP contribution in [0.15, 0.2) is 49.1 Å². The first kappa shape index (κ1) is 21.0. The predicted octanol–water partition coefficient (Wildman–Crippen LogP) is 5.74. The molecule has 0 unspecified atom stereocenters.